The van der Waals surface area contributed by atoms with Gasteiger partial charge >= 0.3 is 0 Å². The first-order valence-electron chi connectivity index (χ1n) is 15.0. The summed E-state index contributed by atoms with van der Waals surface area (Å²) in [5.41, 5.74) is 4.56. The fraction of sp³-hybridized carbons (Fsp3) is 0.484. The van der Waals surface area contributed by atoms with Crippen molar-refractivity contribution >= 4 is 22.8 Å². The van der Waals surface area contributed by atoms with Gasteiger partial charge < -0.3 is 28.9 Å². The van der Waals surface area contributed by atoms with Crippen LogP contribution in [0.3, 0.4) is 0 Å². The number of fused-ring (bicyclic) bond motifs is 1. The van der Waals surface area contributed by atoms with Crippen LogP contribution in [-0.2, 0) is 22.6 Å². The highest BCUT2D eigenvalue weighted by Crippen LogP contribution is 2.32. The first-order valence-corrected chi connectivity index (χ1v) is 15.0. The molecular weight excluding hydrogens is 532 g/mol. The van der Waals surface area contributed by atoms with Gasteiger partial charge in [0, 0.05) is 57.4 Å². The lowest BCUT2D eigenvalue weighted by Gasteiger charge is -2.33. The van der Waals surface area contributed by atoms with E-state index in [2.05, 4.69) is 37.5 Å². The molecule has 0 saturated carbocycles. The van der Waals surface area contributed by atoms with Crippen LogP contribution in [0, 0.1) is 0 Å². The maximum absolute atomic E-state index is 9.72. The number of hydrogen-bond donors (Lipinski definition) is 1. The third-order valence-corrected chi connectivity index (χ3v) is 8.54. The number of aliphatic hydroxyl groups is 1. The molecule has 0 spiro atoms. The number of aliphatic hydroxyl groups excluding tert-OH is 1. The number of aromatic nitrogens is 5. The number of ether oxygens (including phenoxy) is 2. The zero-order valence-electron chi connectivity index (χ0n) is 23.9. The van der Waals surface area contributed by atoms with E-state index < -0.39 is 0 Å². The molecule has 0 bridgehead atoms. The van der Waals surface area contributed by atoms with E-state index in [0.717, 1.165) is 111 Å². The van der Waals surface area contributed by atoms with Crippen LogP contribution < -0.4 is 9.80 Å². The van der Waals surface area contributed by atoms with Gasteiger partial charge in [-0.3, -0.25) is 4.90 Å². The molecule has 1 aromatic carbocycles. The van der Waals surface area contributed by atoms with Crippen molar-refractivity contribution in [3.05, 3.63) is 60.0 Å². The number of likely N-dealkylation sites (tertiary alicyclic amines) is 1. The number of nitrogens with zero attached hydrogens (tertiary/aromatic N) is 8. The van der Waals surface area contributed by atoms with E-state index in [9.17, 15) is 5.11 Å². The van der Waals surface area contributed by atoms with Gasteiger partial charge in [-0.15, -0.1) is 0 Å². The second-order valence-corrected chi connectivity index (χ2v) is 11.2. The minimum atomic E-state index is -0.0179. The van der Waals surface area contributed by atoms with Gasteiger partial charge in [-0.2, -0.15) is 0 Å². The van der Waals surface area contributed by atoms with Crippen LogP contribution >= 0.6 is 0 Å². The van der Waals surface area contributed by atoms with E-state index in [-0.39, 0.29) is 6.61 Å². The van der Waals surface area contributed by atoms with Gasteiger partial charge in [-0.25, -0.2) is 19.9 Å². The molecule has 0 atom stereocenters. The van der Waals surface area contributed by atoms with Crippen LogP contribution in [0.5, 0.6) is 0 Å². The highest BCUT2D eigenvalue weighted by atomic mass is 16.5. The number of imidazole rings is 1. The number of anilines is 2. The number of morpholine rings is 2. The Balaban J connectivity index is 1.11. The van der Waals surface area contributed by atoms with Gasteiger partial charge in [0.25, 0.3) is 0 Å². The summed E-state index contributed by atoms with van der Waals surface area (Å²) in [6, 6.07) is 14.5. The first-order chi connectivity index (χ1) is 20.7. The number of benzene rings is 1. The van der Waals surface area contributed by atoms with E-state index in [0.29, 0.717) is 25.1 Å². The third-order valence-electron chi connectivity index (χ3n) is 8.54. The Hall–Kier alpha value is -3.64. The second kappa shape index (κ2) is 12.3. The van der Waals surface area contributed by atoms with Crippen molar-refractivity contribution < 1.29 is 14.6 Å². The Labute approximate surface area is 245 Å². The molecule has 3 saturated heterocycles. The van der Waals surface area contributed by atoms with Gasteiger partial charge in [0.05, 0.1) is 45.1 Å². The third kappa shape index (κ3) is 5.69. The highest BCUT2D eigenvalue weighted by molar-refractivity contribution is 5.86. The normalized spacial score (nSPS) is 19.1. The van der Waals surface area contributed by atoms with Crippen LogP contribution in [0.15, 0.2) is 48.8 Å². The molecule has 220 valence electrons. The van der Waals surface area contributed by atoms with Gasteiger partial charge in [0.2, 0.25) is 0 Å². The largest absolute Gasteiger partial charge is 0.392 e. The molecule has 3 aliphatic rings. The molecule has 6 heterocycles. The number of pyridine rings is 1. The molecule has 42 heavy (non-hydrogen) atoms. The van der Waals surface area contributed by atoms with Crippen molar-refractivity contribution in [3.8, 4) is 11.4 Å². The van der Waals surface area contributed by atoms with E-state index in [1.807, 2.05) is 30.6 Å². The van der Waals surface area contributed by atoms with Crippen LogP contribution in [-0.4, -0.2) is 100 Å². The molecule has 0 amide bonds. The summed E-state index contributed by atoms with van der Waals surface area (Å²) in [6.45, 7) is 9.01. The molecule has 0 aliphatic carbocycles. The molecule has 3 fully saturated rings. The quantitative estimate of drug-likeness (QED) is 0.357. The predicted molar refractivity (Wildman–Crippen MR) is 161 cm³/mol. The Bertz CT molecular complexity index is 1510. The first kappa shape index (κ1) is 27.2. The topological polar surface area (TPSA) is 105 Å². The van der Waals surface area contributed by atoms with Crippen molar-refractivity contribution in [1.82, 2.24) is 29.4 Å². The van der Waals surface area contributed by atoms with Crippen molar-refractivity contribution in [2.75, 3.05) is 75.5 Å². The standard InChI is InChI=1S/C31H38N8O3/c40-21-23-3-1-4-24(19-23)29-34-30(38-13-17-42-18-14-38)28-31(35-29)39(22-32-28)26-7-9-36(10-8-26)20-25-5-2-6-27(33-25)37-11-15-41-16-12-37/h1-6,19,22,26,40H,7-18,20-21H2. The summed E-state index contributed by atoms with van der Waals surface area (Å²) < 4.78 is 13.4. The molecule has 0 radical (unpaired) electrons. The maximum atomic E-state index is 9.72. The fourth-order valence-electron chi connectivity index (χ4n) is 6.21. The van der Waals surface area contributed by atoms with Gasteiger partial charge in [0.1, 0.15) is 5.82 Å². The average Bonchev–Trinajstić information content (AvgIpc) is 3.50. The molecule has 3 aromatic heterocycles. The van der Waals surface area contributed by atoms with Crippen molar-refractivity contribution in [1.29, 1.82) is 0 Å². The second-order valence-electron chi connectivity index (χ2n) is 11.2. The van der Waals surface area contributed by atoms with E-state index in [1.54, 1.807) is 0 Å². The molecule has 0 unspecified atom stereocenters. The van der Waals surface area contributed by atoms with Crippen LogP contribution in [0.25, 0.3) is 22.6 Å². The maximum Gasteiger partial charge on any atom is 0.166 e. The lowest BCUT2D eigenvalue weighted by atomic mass is 10.0. The highest BCUT2D eigenvalue weighted by Gasteiger charge is 2.26. The van der Waals surface area contributed by atoms with Gasteiger partial charge in [-0.05, 0) is 36.6 Å². The molecule has 11 nitrogen and oxygen atoms in total. The Morgan fingerprint density at radius 3 is 2.31 bits per heavy atom. The Morgan fingerprint density at radius 2 is 1.55 bits per heavy atom. The SMILES string of the molecule is OCc1cccc(-c2nc(N3CCOCC3)c3ncn(C4CCN(Cc5cccc(N6CCOCC6)n5)CC4)c3n2)c1. The summed E-state index contributed by atoms with van der Waals surface area (Å²) in [5.74, 6) is 2.56. The zero-order chi connectivity index (χ0) is 28.3. The number of rotatable bonds is 7. The van der Waals surface area contributed by atoms with E-state index >= 15 is 0 Å². The van der Waals surface area contributed by atoms with Crippen LogP contribution in [0.4, 0.5) is 11.6 Å². The summed E-state index contributed by atoms with van der Waals surface area (Å²) >= 11 is 0. The predicted octanol–water partition coefficient (Wildman–Crippen LogP) is 2.89. The fourth-order valence-corrected chi connectivity index (χ4v) is 6.21. The smallest absolute Gasteiger partial charge is 0.166 e. The monoisotopic (exact) mass is 570 g/mol. The van der Waals surface area contributed by atoms with Crippen molar-refractivity contribution in [3.63, 3.8) is 0 Å². The zero-order valence-corrected chi connectivity index (χ0v) is 23.9. The van der Waals surface area contributed by atoms with Crippen LogP contribution in [0.1, 0.15) is 30.1 Å². The molecule has 7 rings (SSSR count). The van der Waals surface area contributed by atoms with E-state index in [4.69, 9.17) is 29.4 Å². The minimum Gasteiger partial charge on any atom is -0.392 e. The van der Waals surface area contributed by atoms with Crippen molar-refractivity contribution in [2.45, 2.75) is 32.0 Å². The van der Waals surface area contributed by atoms with E-state index in [1.165, 1.54) is 0 Å². The molecule has 4 aromatic rings. The summed E-state index contributed by atoms with van der Waals surface area (Å²) in [7, 11) is 0. The number of hydrogen-bond acceptors (Lipinski definition) is 10. The minimum absolute atomic E-state index is 0.0179. The molecular formula is C31H38N8O3. The molecule has 1 N–H and O–H groups in total. The summed E-state index contributed by atoms with van der Waals surface area (Å²) in [6.07, 6.45) is 3.98. The van der Waals surface area contributed by atoms with Gasteiger partial charge in [0.15, 0.2) is 22.8 Å². The lowest BCUT2D eigenvalue weighted by molar-refractivity contribution is 0.122. The molecule has 11 heteroatoms. The van der Waals surface area contributed by atoms with Crippen molar-refractivity contribution in [2.24, 2.45) is 0 Å². The Morgan fingerprint density at radius 1 is 0.810 bits per heavy atom. The average molecular weight is 571 g/mol. The summed E-state index contributed by atoms with van der Waals surface area (Å²) in [4.78, 5) is 27.0. The number of piperidine rings is 1. The summed E-state index contributed by atoms with van der Waals surface area (Å²) in [5, 5.41) is 9.72. The lowest BCUT2D eigenvalue weighted by Crippen LogP contribution is -2.37. The molecule has 3 aliphatic heterocycles. The Kier molecular flexibility index (Phi) is 7.97. The van der Waals surface area contributed by atoms with Gasteiger partial charge in [-0.1, -0.05) is 24.3 Å². The van der Waals surface area contributed by atoms with Crippen LogP contribution in [0.2, 0.25) is 0 Å².